The second-order valence-electron chi connectivity index (χ2n) is 14.2. The molecule has 4 atom stereocenters. The van der Waals surface area contributed by atoms with Crippen LogP contribution in [0.1, 0.15) is 80.5 Å². The highest BCUT2D eigenvalue weighted by Crippen LogP contribution is 2.37. The Kier molecular flexibility index (Phi) is 11.8. The summed E-state index contributed by atoms with van der Waals surface area (Å²) >= 11 is 0. The molecule has 6 rings (SSSR count). The number of aromatic amines is 1. The molecule has 2 fully saturated rings. The number of H-pyrrole nitrogens is 1. The minimum atomic E-state index is -4.49. The van der Waals surface area contributed by atoms with E-state index in [2.05, 4.69) is 20.2 Å². The molecule has 0 amide bonds. The maximum atomic E-state index is 14.0. The van der Waals surface area contributed by atoms with Crippen LogP contribution in [-0.4, -0.2) is 65.6 Å². The average molecular weight is 711 g/mol. The highest BCUT2D eigenvalue weighted by atomic mass is 19.4. The fourth-order valence-electron chi connectivity index (χ4n) is 7.59. The Morgan fingerprint density at radius 2 is 1.86 bits per heavy atom. The van der Waals surface area contributed by atoms with Gasteiger partial charge in [0.05, 0.1) is 18.8 Å². The molecular weight excluding hydrogens is 660 g/mol. The molecule has 1 unspecified atom stereocenters. The molecule has 51 heavy (non-hydrogen) atoms. The number of aliphatic hydroxyl groups is 1. The van der Waals surface area contributed by atoms with Crippen LogP contribution < -0.4 is 32.4 Å². The van der Waals surface area contributed by atoms with Gasteiger partial charge in [-0.2, -0.15) is 13.2 Å². The quantitative estimate of drug-likeness (QED) is 0.0738. The highest BCUT2D eigenvalue weighted by molar-refractivity contribution is 5.80. The zero-order valence-corrected chi connectivity index (χ0v) is 28.9. The van der Waals surface area contributed by atoms with Crippen molar-refractivity contribution >= 4 is 17.7 Å². The van der Waals surface area contributed by atoms with Gasteiger partial charge in [-0.25, -0.2) is 4.99 Å². The predicted molar refractivity (Wildman–Crippen MR) is 192 cm³/mol. The van der Waals surface area contributed by atoms with Crippen molar-refractivity contribution in [2.45, 2.75) is 94.9 Å². The second-order valence-corrected chi connectivity index (χ2v) is 14.2. The van der Waals surface area contributed by atoms with Gasteiger partial charge in [0.15, 0.2) is 0 Å². The summed E-state index contributed by atoms with van der Waals surface area (Å²) in [5.41, 5.74) is 14.8. The third-order valence-corrected chi connectivity index (χ3v) is 10.5. The molecule has 1 aromatic heterocycles. The molecule has 0 spiro atoms. The van der Waals surface area contributed by atoms with E-state index in [9.17, 15) is 22.7 Å². The summed E-state index contributed by atoms with van der Waals surface area (Å²) < 4.78 is 55.2. The maximum Gasteiger partial charge on any atom is 0.416 e. The molecule has 8 N–H and O–H groups in total. The highest BCUT2D eigenvalue weighted by Gasteiger charge is 2.33. The first-order valence-corrected chi connectivity index (χ1v) is 18.2. The molecule has 0 bridgehead atoms. The van der Waals surface area contributed by atoms with Gasteiger partial charge in [-0.05, 0) is 123 Å². The van der Waals surface area contributed by atoms with Crippen molar-refractivity contribution in [3.63, 3.8) is 0 Å². The second kappa shape index (κ2) is 16.3. The SMILES string of the molecule is N=C(CN)NCC[C@@H]1CCC[C@@H](c2ccc(N3C=c4cc(-c5cc(CCC[C@@H](N)C6CC6)cc(C(F)(F)F)c5)[nH]c4=NC3O)cc2)N1CCCF. The molecule has 3 heterocycles. The number of hydrogen-bond donors (Lipinski definition) is 6. The third kappa shape index (κ3) is 9.18. The van der Waals surface area contributed by atoms with Crippen LogP contribution in [0.15, 0.2) is 53.5 Å². The number of nitrogens with zero attached hydrogens (tertiary/aromatic N) is 3. The first-order chi connectivity index (χ1) is 24.5. The first kappa shape index (κ1) is 37.0. The summed E-state index contributed by atoms with van der Waals surface area (Å²) in [6.45, 7) is 1.06. The standard InChI is InChI=1S/C38H50F4N8O/c39-15-3-17-49-30(14-16-46-35(45)22-43)5-2-7-34(49)26-10-12-31(13-11-26)50-23-28-21-33(47-36(28)48-37(50)51)27-18-24(19-29(20-27)38(40,41)42)4-1-6-32(44)25-8-9-25/h10-13,18-21,23,25,30,32,34,37,51H,1-9,14-17,22,43-44H2,(H2,45,46)(H,47,48)/t30-,32+,34-,37?/m0/s1. The number of piperidine rings is 1. The molecule has 13 heteroatoms. The third-order valence-electron chi connectivity index (χ3n) is 10.5. The van der Waals surface area contributed by atoms with Gasteiger partial charge in [-0.15, -0.1) is 0 Å². The number of aryl methyl sites for hydroxylation is 1. The monoisotopic (exact) mass is 710 g/mol. The Balaban J connectivity index is 1.20. The number of nitrogens with one attached hydrogen (secondary N) is 3. The van der Waals surface area contributed by atoms with Crippen LogP contribution in [0.4, 0.5) is 23.2 Å². The Labute approximate surface area is 296 Å². The van der Waals surface area contributed by atoms with Crippen molar-refractivity contribution < 1.29 is 22.7 Å². The lowest BCUT2D eigenvalue weighted by atomic mass is 9.89. The van der Waals surface area contributed by atoms with Gasteiger partial charge in [0.2, 0.25) is 6.35 Å². The minimum Gasteiger partial charge on any atom is -0.373 e. The Bertz CT molecular complexity index is 1760. The van der Waals surface area contributed by atoms with E-state index >= 15 is 0 Å². The predicted octanol–water partition coefficient (Wildman–Crippen LogP) is 5.09. The van der Waals surface area contributed by atoms with Gasteiger partial charge in [0, 0.05) is 54.0 Å². The van der Waals surface area contributed by atoms with Crippen molar-refractivity contribution in [3.8, 4) is 11.3 Å². The lowest BCUT2D eigenvalue weighted by Crippen LogP contribution is -2.44. The lowest BCUT2D eigenvalue weighted by Gasteiger charge is -2.43. The van der Waals surface area contributed by atoms with Gasteiger partial charge in [-0.3, -0.25) is 14.7 Å². The van der Waals surface area contributed by atoms with Crippen molar-refractivity contribution in [1.29, 1.82) is 5.41 Å². The van der Waals surface area contributed by atoms with Crippen molar-refractivity contribution in [2.75, 3.05) is 31.2 Å². The van der Waals surface area contributed by atoms with Gasteiger partial charge < -0.3 is 31.8 Å². The molecule has 0 radical (unpaired) electrons. The number of amidine groups is 1. The summed E-state index contributed by atoms with van der Waals surface area (Å²) in [6, 6.07) is 14.3. The Morgan fingerprint density at radius 3 is 2.57 bits per heavy atom. The number of hydrogen-bond acceptors (Lipinski definition) is 7. The smallest absolute Gasteiger partial charge is 0.373 e. The molecule has 1 saturated heterocycles. The topological polar surface area (TPSA) is 143 Å². The van der Waals surface area contributed by atoms with Gasteiger partial charge >= 0.3 is 6.18 Å². The largest absolute Gasteiger partial charge is 0.416 e. The number of aromatic nitrogens is 1. The van der Waals surface area contributed by atoms with Crippen LogP contribution in [0.3, 0.4) is 0 Å². The van der Waals surface area contributed by atoms with E-state index in [1.165, 1.54) is 6.07 Å². The molecule has 3 aliphatic rings. The fourth-order valence-corrected chi connectivity index (χ4v) is 7.59. The molecule has 2 aliphatic heterocycles. The lowest BCUT2D eigenvalue weighted by molar-refractivity contribution is -0.137. The molecule has 276 valence electrons. The van der Waals surface area contributed by atoms with Crippen LogP contribution >= 0.6 is 0 Å². The van der Waals surface area contributed by atoms with Crippen molar-refractivity contribution in [2.24, 2.45) is 22.4 Å². The number of benzene rings is 2. The van der Waals surface area contributed by atoms with Gasteiger partial charge in [-0.1, -0.05) is 12.1 Å². The number of halogens is 4. The minimum absolute atomic E-state index is 0.104. The Morgan fingerprint density at radius 1 is 1.08 bits per heavy atom. The molecule has 3 aromatic rings. The zero-order chi connectivity index (χ0) is 36.1. The van der Waals surface area contributed by atoms with E-state index in [0.29, 0.717) is 70.9 Å². The summed E-state index contributed by atoms with van der Waals surface area (Å²) in [4.78, 5) is 11.6. The number of alkyl halides is 4. The van der Waals surface area contributed by atoms with E-state index < -0.39 is 18.1 Å². The number of nitrogens with two attached hydrogens (primary N) is 2. The van der Waals surface area contributed by atoms with Crippen LogP contribution in [-0.2, 0) is 12.6 Å². The molecule has 1 saturated carbocycles. The summed E-state index contributed by atoms with van der Waals surface area (Å²) in [5.74, 6) is 0.853. The molecule has 9 nitrogen and oxygen atoms in total. The van der Waals surface area contributed by atoms with Crippen molar-refractivity contribution in [3.05, 3.63) is 75.9 Å². The first-order valence-electron chi connectivity index (χ1n) is 18.2. The van der Waals surface area contributed by atoms with Gasteiger partial charge in [0.1, 0.15) is 11.3 Å². The molecular formula is C38H50F4N8O. The van der Waals surface area contributed by atoms with Gasteiger partial charge in [0.25, 0.3) is 0 Å². The summed E-state index contributed by atoms with van der Waals surface area (Å²) in [5, 5.41) is 22.5. The van der Waals surface area contributed by atoms with E-state index in [4.69, 9.17) is 16.9 Å². The summed E-state index contributed by atoms with van der Waals surface area (Å²) in [6.07, 6.45) is 4.58. The van der Waals surface area contributed by atoms with Crippen LogP contribution in [0.2, 0.25) is 0 Å². The number of likely N-dealkylation sites (tertiary alicyclic amines) is 1. The van der Waals surface area contributed by atoms with Crippen LogP contribution in [0.5, 0.6) is 0 Å². The number of anilines is 1. The van der Waals surface area contributed by atoms with E-state index in [1.807, 2.05) is 24.3 Å². The van der Waals surface area contributed by atoms with E-state index in [-0.39, 0.29) is 31.3 Å². The number of fused-ring (bicyclic) bond motifs is 1. The van der Waals surface area contributed by atoms with Crippen LogP contribution in [0, 0.1) is 11.3 Å². The summed E-state index contributed by atoms with van der Waals surface area (Å²) in [7, 11) is 0. The average Bonchev–Trinajstić information content (AvgIpc) is 3.89. The normalized spacial score (nSPS) is 21.5. The van der Waals surface area contributed by atoms with E-state index in [0.717, 1.165) is 63.0 Å². The van der Waals surface area contributed by atoms with E-state index in [1.54, 1.807) is 23.2 Å². The number of rotatable bonds is 15. The van der Waals surface area contributed by atoms with Crippen LogP contribution in [0.25, 0.3) is 17.5 Å². The zero-order valence-electron chi connectivity index (χ0n) is 28.9. The number of aliphatic hydroxyl groups excluding tert-OH is 1. The fraction of sp³-hybridized carbons (Fsp3) is 0.526. The molecule has 2 aromatic carbocycles. The Hall–Kier alpha value is -3.78. The van der Waals surface area contributed by atoms with Crippen molar-refractivity contribution in [1.82, 2.24) is 15.2 Å². The molecule has 1 aliphatic carbocycles. The maximum absolute atomic E-state index is 14.0.